The van der Waals surface area contributed by atoms with E-state index in [4.69, 9.17) is 18.9 Å². The van der Waals surface area contributed by atoms with Crippen LogP contribution in [-0.2, 0) is 70.4 Å². The summed E-state index contributed by atoms with van der Waals surface area (Å²) in [6.45, 7) is 40.3. The zero-order valence-electron chi connectivity index (χ0n) is 80.1. The number of ketones is 1. The number of unbranched alkanes of at least 4 members (excludes halogenated alkanes) is 1. The van der Waals surface area contributed by atoms with E-state index in [9.17, 15) is 68.4 Å². The van der Waals surface area contributed by atoms with E-state index in [-0.39, 0.29) is 172 Å². The van der Waals surface area contributed by atoms with Crippen LogP contribution in [0.2, 0.25) is 0 Å². The van der Waals surface area contributed by atoms with Crippen molar-refractivity contribution in [1.29, 1.82) is 0 Å². The van der Waals surface area contributed by atoms with Gasteiger partial charge in [0.15, 0.2) is 11.6 Å². The second-order valence-electron chi connectivity index (χ2n) is 38.8. The number of phenols is 4. The topological polar surface area (TPSA) is 412 Å². The number of piperazine rings is 2. The number of nitrogens with zero attached hydrogens (tertiary/aromatic N) is 14. The van der Waals surface area contributed by atoms with Gasteiger partial charge in [0.2, 0.25) is 29.4 Å². The van der Waals surface area contributed by atoms with Gasteiger partial charge >= 0.3 is 23.9 Å². The minimum atomic E-state index is -0.969. The van der Waals surface area contributed by atoms with E-state index in [2.05, 4.69) is 46.1 Å². The van der Waals surface area contributed by atoms with Crippen LogP contribution >= 0.6 is 0 Å². The average Bonchev–Trinajstić information content (AvgIpc) is 1.63. The van der Waals surface area contributed by atoms with Gasteiger partial charge in [-0.25, -0.2) is 0 Å². The number of nitrogens with one attached hydrogen (secondary N) is 3. The van der Waals surface area contributed by atoms with Crippen molar-refractivity contribution in [3.63, 3.8) is 0 Å². The molecule has 5 heterocycles. The molecule has 5 amide bonds. The maximum absolute atomic E-state index is 15.0. The summed E-state index contributed by atoms with van der Waals surface area (Å²) in [6, 6.07) is 20.0. The Morgan fingerprint density at radius 1 is 0.420 bits per heavy atom. The van der Waals surface area contributed by atoms with Crippen molar-refractivity contribution in [2.24, 2.45) is 5.92 Å². The van der Waals surface area contributed by atoms with Crippen LogP contribution in [0.3, 0.4) is 0 Å². The number of aromatic hydroxyl groups is 4. The molecule has 4 aromatic carbocycles. The zero-order valence-corrected chi connectivity index (χ0v) is 80.1. The fourth-order valence-electron chi connectivity index (χ4n) is 16.2. The molecular formula is C96H141N17O18. The lowest BCUT2D eigenvalue weighted by molar-refractivity contribution is -0.163. The number of aromatic nitrogens is 6. The first-order valence-electron chi connectivity index (χ1n) is 46.1. The predicted octanol–water partition coefficient (Wildman–Crippen LogP) is 9.12. The van der Waals surface area contributed by atoms with Gasteiger partial charge in [-0.3, -0.25) is 86.5 Å². The molecule has 2 aromatic heterocycles. The van der Waals surface area contributed by atoms with Crippen molar-refractivity contribution in [1.82, 2.24) is 84.7 Å². The molecular weight excluding hydrogens is 1680 g/mol. The van der Waals surface area contributed by atoms with Gasteiger partial charge in [-0.15, -0.1) is 20.4 Å². The molecule has 0 unspecified atom stereocenters. The van der Waals surface area contributed by atoms with Crippen LogP contribution in [-0.4, -0.2) is 321 Å². The summed E-state index contributed by atoms with van der Waals surface area (Å²) in [5.41, 5.74) is 1.53. The van der Waals surface area contributed by atoms with Crippen molar-refractivity contribution in [3.05, 3.63) is 107 Å². The molecule has 131 heavy (non-hydrogen) atoms. The Balaban J connectivity index is 0.864. The van der Waals surface area contributed by atoms with Gasteiger partial charge in [-0.1, -0.05) is 58.4 Å². The molecule has 2 atom stereocenters. The van der Waals surface area contributed by atoms with E-state index < -0.39 is 70.1 Å². The fourth-order valence-corrected chi connectivity index (χ4v) is 16.2. The van der Waals surface area contributed by atoms with Gasteiger partial charge in [-0.2, -0.15) is 0 Å². The Hall–Kier alpha value is -11.0. The summed E-state index contributed by atoms with van der Waals surface area (Å²) in [7, 11) is 0. The van der Waals surface area contributed by atoms with E-state index in [1.165, 1.54) is 12.1 Å². The van der Waals surface area contributed by atoms with Gasteiger partial charge in [0.05, 0.1) is 30.8 Å². The second-order valence-corrected chi connectivity index (χ2v) is 38.8. The Labute approximate surface area is 770 Å². The molecule has 0 radical (unpaired) electrons. The van der Waals surface area contributed by atoms with Crippen LogP contribution in [0.4, 0.5) is 0 Å². The first-order chi connectivity index (χ1) is 61.7. The molecule has 0 bridgehead atoms. The Bertz CT molecular complexity index is 4840. The fraction of sp³-hybridized carbons (Fsp3) is 0.604. The minimum absolute atomic E-state index is 0.000358. The maximum Gasteiger partial charge on any atom is 0.323 e. The molecule has 3 fully saturated rings. The number of hydrogen-bond donors (Lipinski definition) is 7. The Morgan fingerprint density at radius 2 is 0.802 bits per heavy atom. The Kier molecular flexibility index (Phi) is 37.1. The van der Waals surface area contributed by atoms with Crippen LogP contribution in [0, 0.1) is 5.92 Å². The zero-order chi connectivity index (χ0) is 96.0. The van der Waals surface area contributed by atoms with Crippen LogP contribution in [0.15, 0.2) is 72.8 Å². The smallest absolute Gasteiger partial charge is 0.323 e. The summed E-state index contributed by atoms with van der Waals surface area (Å²) in [4.78, 5) is 155. The van der Waals surface area contributed by atoms with Crippen LogP contribution in [0.1, 0.15) is 231 Å². The quantitative estimate of drug-likeness (QED) is 0.0109. The number of rotatable bonds is 36. The van der Waals surface area contributed by atoms with E-state index in [0.717, 1.165) is 11.1 Å². The van der Waals surface area contributed by atoms with E-state index in [0.29, 0.717) is 152 Å². The molecule has 9 rings (SSSR count). The van der Waals surface area contributed by atoms with E-state index in [1.54, 1.807) is 128 Å². The first kappa shape index (κ1) is 104. The molecule has 35 heteroatoms. The first-order valence-corrected chi connectivity index (χ1v) is 46.1. The van der Waals surface area contributed by atoms with Crippen LogP contribution in [0.5, 0.6) is 23.0 Å². The summed E-state index contributed by atoms with van der Waals surface area (Å²) >= 11 is 0. The number of carbonyl (C=O) groups excluding carboxylic acids is 10. The number of hydrogen-bond acceptors (Lipinski definition) is 28. The van der Waals surface area contributed by atoms with Crippen molar-refractivity contribution < 1.29 is 87.3 Å². The van der Waals surface area contributed by atoms with Crippen molar-refractivity contribution in [2.45, 2.75) is 229 Å². The SMILES string of the molecule is CCNC(=O)c1nnc(-c2cc(C(C)C)c(O)cc2O)n1-c1ccc(CN2CCN(C(=O)CCC(=O)C[C@@H](CCCCNC(=O)CC[C@H](C(=O)OC(C)(C)C)N3CCN(CC(=O)OC(C)(C)C)CCN(CC(=O)OC(C)(C)C)CCN(CC(=O)OC(C)(C)C)CC3)C(=O)N3CCN(Cc4ccc(-n5c(C(=O)NCC)nnc5-c5cc(C(C)C)c(O)cc5O)cc4)CC3)CC2)cc1. The molecule has 7 N–H and O–H groups in total. The molecule has 6 aromatic rings. The third-order valence-corrected chi connectivity index (χ3v) is 22.7. The van der Waals surface area contributed by atoms with Crippen molar-refractivity contribution >= 4 is 59.2 Å². The molecule has 718 valence electrons. The summed E-state index contributed by atoms with van der Waals surface area (Å²) in [5, 5.41) is 69.4. The number of phenolic OH excluding ortho intramolecular Hbond substituents is 4. The maximum atomic E-state index is 15.0. The largest absolute Gasteiger partial charge is 0.508 e. The third kappa shape index (κ3) is 31.6. The summed E-state index contributed by atoms with van der Waals surface area (Å²) < 4.78 is 26.6. The lowest BCUT2D eigenvalue weighted by atomic mass is 9.92. The van der Waals surface area contributed by atoms with Gasteiger partial charge in [0.1, 0.15) is 57.2 Å². The number of amides is 5. The van der Waals surface area contributed by atoms with Gasteiger partial charge < -0.3 is 65.1 Å². The monoisotopic (exact) mass is 1820 g/mol. The lowest BCUT2D eigenvalue weighted by Gasteiger charge is -2.37. The predicted molar refractivity (Wildman–Crippen MR) is 495 cm³/mol. The summed E-state index contributed by atoms with van der Waals surface area (Å²) in [6.07, 6.45) is 0.918. The average molecular weight is 1820 g/mol. The lowest BCUT2D eigenvalue weighted by Crippen LogP contribution is -2.53. The molecule has 3 saturated heterocycles. The molecule has 3 aliphatic heterocycles. The molecule has 0 aliphatic carbocycles. The number of esters is 4. The van der Waals surface area contributed by atoms with Crippen molar-refractivity contribution in [2.75, 3.05) is 144 Å². The number of ether oxygens (including phenoxy) is 4. The summed E-state index contributed by atoms with van der Waals surface area (Å²) in [5.74, 6) is -4.88. The van der Waals surface area contributed by atoms with Crippen LogP contribution < -0.4 is 16.0 Å². The Morgan fingerprint density at radius 3 is 1.18 bits per heavy atom. The highest BCUT2D eigenvalue weighted by Gasteiger charge is 2.37. The number of benzene rings is 4. The number of carbonyl (C=O) groups is 10. The van der Waals surface area contributed by atoms with Crippen molar-refractivity contribution in [3.8, 4) is 57.1 Å². The standard InChI is InChI=1S/C96H141N17O18/c1-19-97-89(124)87-102-100-85(73-54-71(63(3)4)76(115)56-78(73)117)112(87)68-28-24-65(25-29-68)58-104-43-49-110(50-44-104)81(120)35-32-70(114)53-67(91(126)111-51-45-105(46-52-111)59-66-26-30-69(31-27-66)113-86(101-103-88(113)90(125)98-20-2)74-55-72(64(5)6)77(116)57-79(74)118)23-21-22-36-99-80(119)34-33-75(92(127)131-96(16,17)18)109-47-41-107(61-83(122)129-94(10,11)12)39-37-106(60-82(121)128-93(7,8)9)38-40-108(42-48-109)62-84(123)130-95(13,14)15/h24-31,54-57,63-64,67,75,115-118H,19-23,32-53,58-62H2,1-18H3,(H,97,124)(H,98,125)(H,99,119)/t67-,75-/m1/s1. The molecule has 0 saturated carbocycles. The highest BCUT2D eigenvalue weighted by Crippen LogP contribution is 2.41. The van der Waals surface area contributed by atoms with Gasteiger partial charge in [0.25, 0.3) is 11.8 Å². The highest BCUT2D eigenvalue weighted by molar-refractivity contribution is 5.94. The van der Waals surface area contributed by atoms with E-state index >= 15 is 0 Å². The normalized spacial score (nSPS) is 16.0. The molecule has 35 nitrogen and oxygen atoms in total. The molecule has 3 aliphatic rings. The second kappa shape index (κ2) is 46.9. The number of Topliss-reactive ketones (excluding diaryl/α,β-unsaturated/α-hetero) is 1. The highest BCUT2D eigenvalue weighted by atomic mass is 16.6. The molecule has 0 spiro atoms. The third-order valence-electron chi connectivity index (χ3n) is 22.7. The minimum Gasteiger partial charge on any atom is -0.508 e. The van der Waals surface area contributed by atoms with Crippen LogP contribution in [0.25, 0.3) is 34.2 Å². The van der Waals surface area contributed by atoms with Gasteiger partial charge in [0, 0.05) is 193 Å². The van der Waals surface area contributed by atoms with E-state index in [1.807, 2.05) is 95.8 Å². The van der Waals surface area contributed by atoms with Gasteiger partial charge in [-0.05, 0) is 187 Å².